The van der Waals surface area contributed by atoms with Crippen molar-refractivity contribution in [2.45, 2.75) is 83.6 Å². The number of benzene rings is 1. The van der Waals surface area contributed by atoms with Crippen LogP contribution in [0.25, 0.3) is 0 Å². The molecule has 4 rings (SSSR count). The van der Waals surface area contributed by atoms with E-state index in [4.69, 9.17) is 30.1 Å². The summed E-state index contributed by atoms with van der Waals surface area (Å²) in [5.74, 6) is -1.80. The van der Waals surface area contributed by atoms with Crippen molar-refractivity contribution in [3.8, 4) is 5.75 Å². The Kier molecular flexibility index (Phi) is 10.2. The number of nitrogens with one attached hydrogen (secondary N) is 1. The first-order valence-electron chi connectivity index (χ1n) is 14.1. The van der Waals surface area contributed by atoms with Crippen LogP contribution in [0.3, 0.4) is 0 Å². The number of alkyl halides is 3. The van der Waals surface area contributed by atoms with Gasteiger partial charge in [-0.05, 0) is 37.7 Å². The topological polar surface area (TPSA) is 144 Å². The Balaban J connectivity index is 0.000000616. The number of carboxylic acid groups (broad SMARTS) is 1. The number of guanidine groups is 1. The summed E-state index contributed by atoms with van der Waals surface area (Å²) in [4.78, 5) is 42.1. The maximum Gasteiger partial charge on any atom is 0.490 e. The van der Waals surface area contributed by atoms with Crippen LogP contribution in [-0.4, -0.2) is 71.8 Å². The average molecular weight is 599 g/mol. The van der Waals surface area contributed by atoms with Crippen molar-refractivity contribution in [2.24, 2.45) is 28.0 Å². The highest BCUT2D eigenvalue weighted by Gasteiger charge is 2.53. The number of nitrogens with zero attached hydrogens (tertiary/aromatic N) is 2. The van der Waals surface area contributed by atoms with Crippen LogP contribution in [-0.2, 0) is 19.1 Å². The molecular weight excluding hydrogens is 557 g/mol. The number of amides is 2. The first-order valence-corrected chi connectivity index (χ1v) is 14.1. The van der Waals surface area contributed by atoms with Gasteiger partial charge >= 0.3 is 12.1 Å². The van der Waals surface area contributed by atoms with Crippen LogP contribution in [0.2, 0.25) is 0 Å². The number of hydrogen-bond donors (Lipinski definition) is 3. The molecule has 1 aromatic rings. The molecule has 234 valence electrons. The van der Waals surface area contributed by atoms with Crippen LogP contribution < -0.4 is 15.8 Å². The lowest BCUT2D eigenvalue weighted by Crippen LogP contribution is -2.56. The standard InChI is InChI=1S/C27H40N4O4.C2HF3O2/c1-6-27(7-2)15-22(32)31(25(28)30-27)20(12-13-34-5)18-14-19(18)24(33)29-23-17-10-8-9-11-21(17)35-16-26(23,3)4;3-2(4,5)1(6)7/h8-11,18-20,23H,6-7,12-16H2,1-5H3,(H2,28,30)(H,29,33);(H,6,7)/t18-,19-,20?,23?;/m1./s1. The molecular formula is C29H41F3N4O6. The van der Waals surface area contributed by atoms with E-state index in [1.54, 1.807) is 12.0 Å². The van der Waals surface area contributed by atoms with Crippen molar-refractivity contribution in [2.75, 3.05) is 20.3 Å². The molecule has 0 radical (unpaired) electrons. The monoisotopic (exact) mass is 598 g/mol. The molecule has 0 bridgehead atoms. The normalized spacial score (nSPS) is 24.7. The Hall–Kier alpha value is -3.35. The summed E-state index contributed by atoms with van der Waals surface area (Å²) in [6.07, 6.45) is -1.87. The number of aliphatic imine (C=N–C) groups is 1. The lowest BCUT2D eigenvalue weighted by Gasteiger charge is -2.41. The second-order valence-electron chi connectivity index (χ2n) is 11.8. The molecule has 1 aliphatic carbocycles. The minimum Gasteiger partial charge on any atom is -0.493 e. The number of aliphatic carboxylic acids is 1. The molecule has 1 aromatic carbocycles. The molecule has 4 atom stereocenters. The Labute approximate surface area is 243 Å². The first-order chi connectivity index (χ1) is 19.6. The second-order valence-corrected chi connectivity index (χ2v) is 11.8. The van der Waals surface area contributed by atoms with E-state index in [1.165, 1.54) is 0 Å². The largest absolute Gasteiger partial charge is 0.493 e. The SMILES string of the molecule is CCC1(CC)CC(=O)N(C(CCOC)[C@@H]2C[C@H]2C(=O)NC2c3ccccc3OCC2(C)C)C(N)=N1.O=C(O)C(F)(F)F. The molecule has 2 heterocycles. The molecule has 3 aliphatic rings. The molecule has 1 fully saturated rings. The van der Waals surface area contributed by atoms with Gasteiger partial charge in [-0.3, -0.25) is 14.5 Å². The molecule has 2 amide bonds. The van der Waals surface area contributed by atoms with Gasteiger partial charge in [0.25, 0.3) is 0 Å². The molecule has 2 aliphatic heterocycles. The van der Waals surface area contributed by atoms with E-state index >= 15 is 0 Å². The van der Waals surface area contributed by atoms with E-state index in [0.717, 1.165) is 30.6 Å². The van der Waals surface area contributed by atoms with Gasteiger partial charge in [0.2, 0.25) is 11.8 Å². The van der Waals surface area contributed by atoms with Gasteiger partial charge in [-0.25, -0.2) is 9.79 Å². The Bertz CT molecular complexity index is 1180. The van der Waals surface area contributed by atoms with Crippen molar-refractivity contribution in [3.05, 3.63) is 29.8 Å². The number of carboxylic acids is 1. The summed E-state index contributed by atoms with van der Waals surface area (Å²) >= 11 is 0. The van der Waals surface area contributed by atoms with Gasteiger partial charge in [-0.1, -0.05) is 45.9 Å². The Morgan fingerprint density at radius 1 is 1.26 bits per heavy atom. The van der Waals surface area contributed by atoms with Crippen LogP contribution in [0.1, 0.15) is 71.4 Å². The Morgan fingerprint density at radius 3 is 2.43 bits per heavy atom. The van der Waals surface area contributed by atoms with Crippen LogP contribution >= 0.6 is 0 Å². The number of ether oxygens (including phenoxy) is 2. The Morgan fingerprint density at radius 2 is 1.88 bits per heavy atom. The van der Waals surface area contributed by atoms with E-state index in [9.17, 15) is 22.8 Å². The number of carbonyl (C=O) groups excluding carboxylic acids is 2. The van der Waals surface area contributed by atoms with Gasteiger partial charge in [0.1, 0.15) is 5.75 Å². The van der Waals surface area contributed by atoms with Gasteiger partial charge in [-0.15, -0.1) is 0 Å². The van der Waals surface area contributed by atoms with Crippen molar-refractivity contribution < 1.29 is 42.1 Å². The summed E-state index contributed by atoms with van der Waals surface area (Å²) in [7, 11) is 1.65. The van der Waals surface area contributed by atoms with Crippen LogP contribution in [0.15, 0.2) is 29.3 Å². The van der Waals surface area contributed by atoms with E-state index in [-0.39, 0.29) is 47.1 Å². The highest BCUT2D eigenvalue weighted by Crippen LogP contribution is 2.48. The first kappa shape index (κ1) is 33.2. The van der Waals surface area contributed by atoms with Gasteiger partial charge in [0.05, 0.1) is 24.6 Å². The highest BCUT2D eigenvalue weighted by atomic mass is 19.4. The van der Waals surface area contributed by atoms with E-state index < -0.39 is 17.7 Å². The summed E-state index contributed by atoms with van der Waals surface area (Å²) in [5.41, 5.74) is 6.73. The minimum atomic E-state index is -5.08. The zero-order chi connectivity index (χ0) is 31.5. The fourth-order valence-corrected chi connectivity index (χ4v) is 5.70. The third-order valence-electron chi connectivity index (χ3n) is 8.42. The molecule has 1 saturated carbocycles. The van der Waals surface area contributed by atoms with E-state index in [1.807, 2.05) is 38.1 Å². The number of carbonyl (C=O) groups is 3. The predicted octanol–water partition coefficient (Wildman–Crippen LogP) is 4.04. The molecule has 0 saturated heterocycles. The van der Waals surface area contributed by atoms with E-state index in [0.29, 0.717) is 26.1 Å². The number of halogens is 3. The lowest BCUT2D eigenvalue weighted by atomic mass is 9.79. The number of rotatable bonds is 9. The third-order valence-corrected chi connectivity index (χ3v) is 8.42. The number of fused-ring (bicyclic) bond motifs is 1. The lowest BCUT2D eigenvalue weighted by molar-refractivity contribution is -0.192. The molecule has 4 N–H and O–H groups in total. The maximum atomic E-state index is 13.5. The molecule has 0 spiro atoms. The summed E-state index contributed by atoms with van der Waals surface area (Å²) in [6, 6.07) is 7.53. The highest BCUT2D eigenvalue weighted by molar-refractivity contribution is 5.99. The van der Waals surface area contributed by atoms with Crippen molar-refractivity contribution >= 4 is 23.7 Å². The van der Waals surface area contributed by atoms with Gasteiger partial charge < -0.3 is 25.6 Å². The van der Waals surface area contributed by atoms with Crippen LogP contribution in [0.4, 0.5) is 13.2 Å². The third kappa shape index (κ3) is 7.34. The van der Waals surface area contributed by atoms with Crippen LogP contribution in [0.5, 0.6) is 5.75 Å². The van der Waals surface area contributed by atoms with Crippen molar-refractivity contribution in [1.29, 1.82) is 0 Å². The van der Waals surface area contributed by atoms with Gasteiger partial charge in [-0.2, -0.15) is 13.2 Å². The molecule has 10 nitrogen and oxygen atoms in total. The maximum absolute atomic E-state index is 13.5. The molecule has 0 aromatic heterocycles. The smallest absolute Gasteiger partial charge is 0.490 e. The zero-order valence-electron chi connectivity index (χ0n) is 24.7. The quantitative estimate of drug-likeness (QED) is 0.389. The number of methoxy groups -OCH3 is 1. The minimum absolute atomic E-state index is 0.00662. The summed E-state index contributed by atoms with van der Waals surface area (Å²) in [6.45, 7) is 9.32. The fourth-order valence-electron chi connectivity index (χ4n) is 5.70. The van der Waals surface area contributed by atoms with Crippen molar-refractivity contribution in [1.82, 2.24) is 10.2 Å². The summed E-state index contributed by atoms with van der Waals surface area (Å²) < 4.78 is 43.0. The van der Waals surface area contributed by atoms with E-state index in [2.05, 4.69) is 19.2 Å². The number of nitrogens with two attached hydrogens (primary N) is 1. The number of hydrogen-bond acceptors (Lipinski definition) is 7. The number of para-hydroxylation sites is 1. The van der Waals surface area contributed by atoms with Crippen molar-refractivity contribution in [3.63, 3.8) is 0 Å². The molecule has 42 heavy (non-hydrogen) atoms. The van der Waals surface area contributed by atoms with Gasteiger partial charge in [0.15, 0.2) is 5.96 Å². The molecule has 2 unspecified atom stereocenters. The fraction of sp³-hybridized carbons (Fsp3) is 0.655. The zero-order valence-corrected chi connectivity index (χ0v) is 24.7. The summed E-state index contributed by atoms with van der Waals surface area (Å²) in [5, 5.41) is 10.4. The van der Waals surface area contributed by atoms with Crippen LogP contribution in [0, 0.1) is 17.3 Å². The second kappa shape index (κ2) is 12.9. The average Bonchev–Trinajstić information content (AvgIpc) is 3.72. The van der Waals surface area contributed by atoms with Gasteiger partial charge in [0, 0.05) is 36.7 Å². The predicted molar refractivity (Wildman–Crippen MR) is 149 cm³/mol. The molecule has 13 heteroatoms.